The van der Waals surface area contributed by atoms with Gasteiger partial charge in [-0.05, 0) is 72.4 Å². The minimum Gasteiger partial charge on any atom is -0.367 e. The molecule has 3 aromatic rings. The lowest BCUT2D eigenvalue weighted by Gasteiger charge is -2.30. The first-order valence-corrected chi connectivity index (χ1v) is 11.6. The quantitative estimate of drug-likeness (QED) is 0.645. The van der Waals surface area contributed by atoms with Crippen molar-refractivity contribution in [3.63, 3.8) is 0 Å². The van der Waals surface area contributed by atoms with Crippen LogP contribution in [0.5, 0.6) is 0 Å². The number of rotatable bonds is 6. The van der Waals surface area contributed by atoms with Gasteiger partial charge in [0.1, 0.15) is 5.82 Å². The minimum atomic E-state index is -3.65. The summed E-state index contributed by atoms with van der Waals surface area (Å²) in [7, 11) is -3.65. The van der Waals surface area contributed by atoms with Crippen molar-refractivity contribution in [2.75, 3.05) is 18.0 Å². The summed E-state index contributed by atoms with van der Waals surface area (Å²) in [5.74, 6) is -0.411. The Hall–Kier alpha value is -2.70. The molecule has 3 aromatic carbocycles. The average molecular weight is 425 g/mol. The van der Waals surface area contributed by atoms with Crippen LogP contribution < -0.4 is 9.62 Å². The maximum absolute atomic E-state index is 13.4. The van der Waals surface area contributed by atoms with E-state index in [0.717, 1.165) is 25.1 Å². The Morgan fingerprint density at radius 1 is 1.00 bits per heavy atom. The fraction of sp³-hybridized carbons (Fsp3) is 0.250. The summed E-state index contributed by atoms with van der Waals surface area (Å²) in [6.45, 7) is 3.74. The highest BCUT2D eigenvalue weighted by Gasteiger charge is 2.17. The summed E-state index contributed by atoms with van der Waals surface area (Å²) in [6.07, 6.45) is 1.63. The highest BCUT2D eigenvalue weighted by Crippen LogP contribution is 2.24. The summed E-state index contributed by atoms with van der Waals surface area (Å²) < 4.78 is 40.8. The van der Waals surface area contributed by atoms with Gasteiger partial charge in [0.2, 0.25) is 10.0 Å². The Bertz CT molecular complexity index is 1140. The molecule has 0 bridgehead atoms. The normalized spacial score (nSPS) is 13.9. The number of halogens is 1. The van der Waals surface area contributed by atoms with E-state index in [1.807, 2.05) is 12.1 Å². The van der Waals surface area contributed by atoms with Gasteiger partial charge in [0, 0.05) is 25.3 Å². The van der Waals surface area contributed by atoms with Crippen LogP contribution in [-0.4, -0.2) is 21.5 Å². The lowest BCUT2D eigenvalue weighted by Crippen LogP contribution is -2.30. The molecule has 156 valence electrons. The minimum absolute atomic E-state index is 0.0853. The van der Waals surface area contributed by atoms with Crippen LogP contribution in [0.15, 0.2) is 71.6 Å². The van der Waals surface area contributed by atoms with Gasteiger partial charge in [-0.2, -0.15) is 0 Å². The van der Waals surface area contributed by atoms with Gasteiger partial charge in [-0.15, -0.1) is 0 Å². The van der Waals surface area contributed by atoms with Gasteiger partial charge >= 0.3 is 0 Å². The number of anilines is 1. The number of hydrogen-bond donors (Lipinski definition) is 1. The Kier molecular flexibility index (Phi) is 5.88. The SMILES string of the molecule is Cc1cc(S(=O)(=O)NCCc2ccc(N3CCc4ccccc4C3)cc2)ccc1F. The van der Waals surface area contributed by atoms with Crippen molar-refractivity contribution in [3.8, 4) is 0 Å². The molecule has 4 nitrogen and oxygen atoms in total. The van der Waals surface area contributed by atoms with Crippen LogP contribution in [0.1, 0.15) is 22.3 Å². The number of fused-ring (bicyclic) bond motifs is 1. The largest absolute Gasteiger partial charge is 0.367 e. The molecule has 1 heterocycles. The maximum Gasteiger partial charge on any atom is 0.240 e. The van der Waals surface area contributed by atoms with E-state index < -0.39 is 15.8 Å². The van der Waals surface area contributed by atoms with E-state index in [4.69, 9.17) is 0 Å². The van der Waals surface area contributed by atoms with Crippen LogP contribution in [0.2, 0.25) is 0 Å². The van der Waals surface area contributed by atoms with Gasteiger partial charge in [-0.3, -0.25) is 0 Å². The van der Waals surface area contributed by atoms with E-state index in [0.29, 0.717) is 12.0 Å². The number of hydrogen-bond acceptors (Lipinski definition) is 3. The Balaban J connectivity index is 1.34. The third kappa shape index (κ3) is 4.55. The molecular weight excluding hydrogens is 399 g/mol. The Labute approximate surface area is 177 Å². The van der Waals surface area contributed by atoms with Crippen molar-refractivity contribution in [1.29, 1.82) is 0 Å². The molecule has 0 radical (unpaired) electrons. The second-order valence-corrected chi connectivity index (χ2v) is 9.43. The summed E-state index contributed by atoms with van der Waals surface area (Å²) in [4.78, 5) is 2.45. The molecule has 0 aromatic heterocycles. The highest BCUT2D eigenvalue weighted by molar-refractivity contribution is 7.89. The number of sulfonamides is 1. The highest BCUT2D eigenvalue weighted by atomic mass is 32.2. The number of aryl methyl sites for hydroxylation is 1. The maximum atomic E-state index is 13.4. The zero-order chi connectivity index (χ0) is 21.1. The zero-order valence-corrected chi connectivity index (χ0v) is 17.8. The van der Waals surface area contributed by atoms with Crippen LogP contribution in [0.25, 0.3) is 0 Å². The Morgan fingerprint density at radius 2 is 1.73 bits per heavy atom. The number of nitrogens with one attached hydrogen (secondary N) is 1. The van der Waals surface area contributed by atoms with Crippen LogP contribution in [0.4, 0.5) is 10.1 Å². The van der Waals surface area contributed by atoms with Crippen molar-refractivity contribution in [1.82, 2.24) is 4.72 Å². The van der Waals surface area contributed by atoms with Gasteiger partial charge < -0.3 is 4.90 Å². The summed E-state index contributed by atoms with van der Waals surface area (Å²) >= 11 is 0. The summed E-state index contributed by atoms with van der Waals surface area (Å²) in [5.41, 5.74) is 5.35. The van der Waals surface area contributed by atoms with E-state index in [1.165, 1.54) is 35.0 Å². The molecule has 1 aliphatic rings. The smallest absolute Gasteiger partial charge is 0.240 e. The van der Waals surface area contributed by atoms with Crippen LogP contribution >= 0.6 is 0 Å². The fourth-order valence-corrected chi connectivity index (χ4v) is 4.90. The van der Waals surface area contributed by atoms with E-state index in [9.17, 15) is 12.8 Å². The molecule has 0 fully saturated rings. The summed E-state index contributed by atoms with van der Waals surface area (Å²) in [6, 6.07) is 20.7. The molecule has 1 aliphatic heterocycles. The van der Waals surface area contributed by atoms with Gasteiger partial charge in [0.05, 0.1) is 4.90 Å². The van der Waals surface area contributed by atoms with Crippen LogP contribution in [0, 0.1) is 12.7 Å². The predicted molar refractivity (Wildman–Crippen MR) is 118 cm³/mol. The van der Waals surface area contributed by atoms with Crippen molar-refractivity contribution in [3.05, 3.63) is 94.8 Å². The topological polar surface area (TPSA) is 49.4 Å². The lowest BCUT2D eigenvalue weighted by molar-refractivity contribution is 0.580. The average Bonchev–Trinajstić information content (AvgIpc) is 2.75. The van der Waals surface area contributed by atoms with E-state index in [1.54, 1.807) is 6.92 Å². The third-order valence-corrected chi connectivity index (χ3v) is 7.04. The first-order valence-electron chi connectivity index (χ1n) is 10.1. The van der Waals surface area contributed by atoms with Crippen LogP contribution in [-0.2, 0) is 29.4 Å². The molecule has 0 aliphatic carbocycles. The Morgan fingerprint density at radius 3 is 2.47 bits per heavy atom. The van der Waals surface area contributed by atoms with Gasteiger partial charge in [0.15, 0.2) is 0 Å². The standard InChI is InChI=1S/C24H25FN2O2S/c1-18-16-23(10-11-24(18)25)30(28,29)26-14-12-19-6-8-22(9-7-19)27-15-13-20-4-2-3-5-21(20)17-27/h2-11,16,26H,12-15,17H2,1H3. The predicted octanol–water partition coefficient (Wildman–Crippen LogP) is 4.22. The first kappa shape index (κ1) is 20.6. The molecule has 0 spiro atoms. The first-order chi connectivity index (χ1) is 14.4. The van der Waals surface area contributed by atoms with E-state index in [-0.39, 0.29) is 11.4 Å². The monoisotopic (exact) mass is 424 g/mol. The third-order valence-electron chi connectivity index (χ3n) is 5.58. The molecule has 0 saturated carbocycles. The molecule has 0 amide bonds. The van der Waals surface area contributed by atoms with Gasteiger partial charge in [-0.25, -0.2) is 17.5 Å². The molecule has 6 heteroatoms. The van der Waals surface area contributed by atoms with Crippen molar-refractivity contribution in [2.45, 2.75) is 31.2 Å². The zero-order valence-electron chi connectivity index (χ0n) is 16.9. The van der Waals surface area contributed by atoms with E-state index >= 15 is 0 Å². The van der Waals surface area contributed by atoms with E-state index in [2.05, 4.69) is 46.0 Å². The second kappa shape index (κ2) is 8.58. The molecule has 0 atom stereocenters. The van der Waals surface area contributed by atoms with Crippen LogP contribution in [0.3, 0.4) is 0 Å². The molecule has 1 N–H and O–H groups in total. The van der Waals surface area contributed by atoms with Gasteiger partial charge in [-0.1, -0.05) is 36.4 Å². The number of benzene rings is 3. The van der Waals surface area contributed by atoms with Crippen molar-refractivity contribution in [2.24, 2.45) is 0 Å². The second-order valence-electron chi connectivity index (χ2n) is 7.67. The lowest BCUT2D eigenvalue weighted by atomic mass is 9.99. The molecule has 0 saturated heterocycles. The summed E-state index contributed by atoms with van der Waals surface area (Å²) in [5, 5.41) is 0. The number of nitrogens with zero attached hydrogens (tertiary/aromatic N) is 1. The van der Waals surface area contributed by atoms with Crippen molar-refractivity contribution >= 4 is 15.7 Å². The molecule has 4 rings (SSSR count). The molecular formula is C24H25FN2O2S. The van der Waals surface area contributed by atoms with Crippen molar-refractivity contribution < 1.29 is 12.8 Å². The molecule has 30 heavy (non-hydrogen) atoms. The fourth-order valence-electron chi connectivity index (χ4n) is 3.79. The van der Waals surface area contributed by atoms with Gasteiger partial charge in [0.25, 0.3) is 0 Å². The molecule has 0 unspecified atom stereocenters.